The first-order valence-electron chi connectivity index (χ1n) is 11.9. The topological polar surface area (TPSA) is 65.8 Å². The number of hydrogen-bond donors (Lipinski definition) is 0. The van der Waals surface area contributed by atoms with Crippen molar-refractivity contribution in [1.29, 1.82) is 0 Å². The molecule has 0 spiro atoms. The molecule has 2 atom stereocenters. The fourth-order valence-electron chi connectivity index (χ4n) is 4.58. The van der Waals surface area contributed by atoms with E-state index in [-0.39, 0.29) is 18.1 Å². The number of methoxy groups -OCH3 is 2. The third-order valence-corrected chi connectivity index (χ3v) is 6.35. The van der Waals surface area contributed by atoms with E-state index in [4.69, 9.17) is 19.3 Å². The molecule has 0 N–H and O–H groups in total. The molecule has 1 aromatic heterocycles. The van der Waals surface area contributed by atoms with Gasteiger partial charge in [-0.1, -0.05) is 54.6 Å². The minimum atomic E-state index is -0.195. The van der Waals surface area contributed by atoms with Crippen LogP contribution in [0.5, 0.6) is 11.5 Å². The molecule has 1 aliphatic heterocycles. The first-order chi connectivity index (χ1) is 17.6. The quantitative estimate of drug-likeness (QED) is 0.379. The number of benzene rings is 3. The van der Waals surface area contributed by atoms with Gasteiger partial charge in [-0.15, -0.1) is 0 Å². The minimum absolute atomic E-state index is 0.103. The van der Waals surface area contributed by atoms with E-state index >= 15 is 0 Å². The van der Waals surface area contributed by atoms with Crippen molar-refractivity contribution in [3.8, 4) is 28.3 Å². The maximum atomic E-state index is 14.0. The molecule has 2 heterocycles. The number of carbonyl (C=O) groups excluding carboxylic acids is 1. The number of carbonyl (C=O) groups is 1. The molecule has 5 rings (SSSR count). The van der Waals surface area contributed by atoms with Gasteiger partial charge in [-0.3, -0.25) is 4.79 Å². The van der Waals surface area contributed by atoms with Gasteiger partial charge in [0.2, 0.25) is 0 Å². The highest BCUT2D eigenvalue weighted by Crippen LogP contribution is 2.35. The molecule has 36 heavy (non-hydrogen) atoms. The van der Waals surface area contributed by atoms with E-state index in [0.29, 0.717) is 30.3 Å². The van der Waals surface area contributed by atoms with E-state index in [1.54, 1.807) is 18.9 Å². The molecule has 2 unspecified atom stereocenters. The number of ether oxygens (including phenoxy) is 3. The van der Waals surface area contributed by atoms with Crippen LogP contribution in [0, 0.1) is 0 Å². The summed E-state index contributed by atoms with van der Waals surface area (Å²) in [6.07, 6.45) is 1.59. The lowest BCUT2D eigenvalue weighted by atomic mass is 10.0. The lowest BCUT2D eigenvalue weighted by molar-refractivity contribution is -0.0692. The molecule has 1 amide bonds. The number of rotatable bonds is 6. The van der Waals surface area contributed by atoms with Crippen molar-refractivity contribution in [3.63, 3.8) is 0 Å². The van der Waals surface area contributed by atoms with Crippen molar-refractivity contribution in [3.05, 3.63) is 96.3 Å². The third kappa shape index (κ3) is 4.70. The average Bonchev–Trinajstić information content (AvgIpc) is 3.38. The summed E-state index contributed by atoms with van der Waals surface area (Å²) < 4.78 is 18.9. The molecule has 0 radical (unpaired) electrons. The second-order valence-electron chi connectivity index (χ2n) is 8.80. The fourth-order valence-corrected chi connectivity index (χ4v) is 4.58. The van der Waals surface area contributed by atoms with Gasteiger partial charge in [0.05, 0.1) is 32.6 Å². The molecule has 184 valence electrons. The van der Waals surface area contributed by atoms with Gasteiger partial charge in [0.1, 0.15) is 6.10 Å². The van der Waals surface area contributed by atoms with Gasteiger partial charge in [-0.2, -0.15) is 5.10 Å². The standard InChI is InChI=1S/C29H29N3O4/c1-20-17-31(19-27(36-20)21-10-6-4-7-11-21)29(33)28-24(18-32(30-28)23-12-8-5-9-13-23)22-14-15-25(34-2)26(16-22)35-3/h4-16,18,20,27H,17,19H2,1-3H3. The summed E-state index contributed by atoms with van der Waals surface area (Å²) in [4.78, 5) is 15.8. The Labute approximate surface area is 210 Å². The molecule has 3 aromatic carbocycles. The SMILES string of the molecule is COc1ccc(-c2cn(-c3ccccc3)nc2C(=O)N2CC(C)OC(c3ccccc3)C2)cc1OC. The highest BCUT2D eigenvalue weighted by molar-refractivity contribution is 5.99. The largest absolute Gasteiger partial charge is 0.493 e. The highest BCUT2D eigenvalue weighted by atomic mass is 16.5. The summed E-state index contributed by atoms with van der Waals surface area (Å²) in [6, 6.07) is 25.4. The van der Waals surface area contributed by atoms with Crippen LogP contribution in [0.15, 0.2) is 85.1 Å². The zero-order chi connectivity index (χ0) is 25.1. The molecule has 7 nitrogen and oxygen atoms in total. The van der Waals surface area contributed by atoms with Crippen LogP contribution in [0.3, 0.4) is 0 Å². The molecule has 7 heteroatoms. The Bertz CT molecular complexity index is 1340. The van der Waals surface area contributed by atoms with Crippen molar-refractivity contribution < 1.29 is 19.0 Å². The van der Waals surface area contributed by atoms with Crippen LogP contribution in [0.4, 0.5) is 0 Å². The first kappa shape index (κ1) is 23.6. The highest BCUT2D eigenvalue weighted by Gasteiger charge is 2.32. The smallest absolute Gasteiger partial charge is 0.275 e. The normalized spacial score (nSPS) is 17.6. The summed E-state index contributed by atoms with van der Waals surface area (Å²) in [7, 11) is 3.20. The van der Waals surface area contributed by atoms with Gasteiger partial charge in [0, 0.05) is 18.3 Å². The molecule has 0 saturated carbocycles. The van der Waals surface area contributed by atoms with Crippen LogP contribution < -0.4 is 9.47 Å². The number of morpholine rings is 1. The second-order valence-corrected chi connectivity index (χ2v) is 8.80. The van der Waals surface area contributed by atoms with E-state index in [2.05, 4.69) is 0 Å². The molecule has 4 aromatic rings. The maximum absolute atomic E-state index is 14.0. The van der Waals surface area contributed by atoms with Crippen LogP contribution in [0.2, 0.25) is 0 Å². The van der Waals surface area contributed by atoms with Gasteiger partial charge in [-0.25, -0.2) is 4.68 Å². The minimum Gasteiger partial charge on any atom is -0.493 e. The van der Waals surface area contributed by atoms with Gasteiger partial charge >= 0.3 is 0 Å². The zero-order valence-electron chi connectivity index (χ0n) is 20.6. The Kier molecular flexibility index (Phi) is 6.73. The van der Waals surface area contributed by atoms with E-state index < -0.39 is 0 Å². The van der Waals surface area contributed by atoms with Gasteiger partial charge in [0.25, 0.3) is 5.91 Å². The van der Waals surface area contributed by atoms with E-state index in [9.17, 15) is 4.79 Å². The summed E-state index contributed by atoms with van der Waals surface area (Å²) in [5.74, 6) is 1.08. The van der Waals surface area contributed by atoms with Crippen molar-refractivity contribution >= 4 is 5.91 Å². The monoisotopic (exact) mass is 483 g/mol. The number of aromatic nitrogens is 2. The Balaban J connectivity index is 1.55. The van der Waals surface area contributed by atoms with Crippen LogP contribution >= 0.6 is 0 Å². The van der Waals surface area contributed by atoms with Crippen molar-refractivity contribution in [2.75, 3.05) is 27.3 Å². The summed E-state index contributed by atoms with van der Waals surface area (Å²) in [6.45, 7) is 2.94. The van der Waals surface area contributed by atoms with Crippen molar-refractivity contribution in [2.24, 2.45) is 0 Å². The van der Waals surface area contributed by atoms with Crippen LogP contribution in [-0.4, -0.2) is 54.0 Å². The lowest BCUT2D eigenvalue weighted by Crippen LogP contribution is -2.46. The Morgan fingerprint density at radius 3 is 2.31 bits per heavy atom. The van der Waals surface area contributed by atoms with Gasteiger partial charge in [-0.05, 0) is 42.3 Å². The van der Waals surface area contributed by atoms with Gasteiger partial charge in [0.15, 0.2) is 17.2 Å². The Morgan fingerprint density at radius 1 is 0.917 bits per heavy atom. The maximum Gasteiger partial charge on any atom is 0.275 e. The predicted octanol–water partition coefficient (Wildman–Crippen LogP) is 5.16. The molecule has 1 fully saturated rings. The number of hydrogen-bond acceptors (Lipinski definition) is 5. The zero-order valence-corrected chi connectivity index (χ0v) is 20.6. The molecular formula is C29H29N3O4. The Hall–Kier alpha value is -4.10. The summed E-state index contributed by atoms with van der Waals surface area (Å²) in [5.41, 5.74) is 3.85. The molecule has 1 aliphatic rings. The number of nitrogens with zero attached hydrogens (tertiary/aromatic N) is 3. The molecule has 0 aliphatic carbocycles. The van der Waals surface area contributed by atoms with Gasteiger partial charge < -0.3 is 19.1 Å². The second kappa shape index (κ2) is 10.3. The molecular weight excluding hydrogens is 454 g/mol. The van der Waals surface area contributed by atoms with Crippen molar-refractivity contribution in [2.45, 2.75) is 19.1 Å². The van der Waals surface area contributed by atoms with Crippen LogP contribution in [-0.2, 0) is 4.74 Å². The third-order valence-electron chi connectivity index (χ3n) is 6.35. The lowest BCUT2D eigenvalue weighted by Gasteiger charge is -2.36. The number of para-hydroxylation sites is 1. The Morgan fingerprint density at radius 2 is 1.61 bits per heavy atom. The van der Waals surface area contributed by atoms with Crippen LogP contribution in [0.25, 0.3) is 16.8 Å². The van der Waals surface area contributed by atoms with E-state index in [1.807, 2.05) is 96.9 Å². The first-order valence-corrected chi connectivity index (χ1v) is 11.9. The number of amides is 1. The van der Waals surface area contributed by atoms with E-state index in [0.717, 1.165) is 22.4 Å². The fraction of sp³-hybridized carbons (Fsp3) is 0.241. The predicted molar refractivity (Wildman–Crippen MR) is 138 cm³/mol. The van der Waals surface area contributed by atoms with Crippen LogP contribution in [0.1, 0.15) is 29.1 Å². The summed E-state index contributed by atoms with van der Waals surface area (Å²) in [5, 5.41) is 4.77. The molecule has 0 bridgehead atoms. The van der Waals surface area contributed by atoms with E-state index in [1.165, 1.54) is 0 Å². The van der Waals surface area contributed by atoms with Crippen molar-refractivity contribution in [1.82, 2.24) is 14.7 Å². The summed E-state index contributed by atoms with van der Waals surface area (Å²) >= 11 is 0. The average molecular weight is 484 g/mol. The molecule has 1 saturated heterocycles.